The minimum absolute atomic E-state index is 0.182. The van der Waals surface area contributed by atoms with Crippen molar-refractivity contribution in [2.75, 3.05) is 0 Å². The summed E-state index contributed by atoms with van der Waals surface area (Å²) in [6, 6.07) is 0. The SMILES string of the molecule is CC(=O)OC1[C@H](Br)OC(C)[C@@H](C)[C@@H]1C. The summed E-state index contributed by atoms with van der Waals surface area (Å²) in [6.45, 7) is 7.67. The lowest BCUT2D eigenvalue weighted by Gasteiger charge is -2.40. The highest BCUT2D eigenvalue weighted by Crippen LogP contribution is 2.34. The van der Waals surface area contributed by atoms with Gasteiger partial charge in [0.2, 0.25) is 0 Å². The van der Waals surface area contributed by atoms with Gasteiger partial charge >= 0.3 is 5.97 Å². The lowest BCUT2D eigenvalue weighted by Crippen LogP contribution is -2.47. The monoisotopic (exact) mass is 264 g/mol. The standard InChI is InChI=1S/C10H17BrO3/c1-5-6(2)9(14-8(4)12)10(11)13-7(5)3/h5-7,9-10H,1-4H3/t5-,6-,7?,9?,10+/m0/s1. The number of hydrogen-bond acceptors (Lipinski definition) is 3. The molecule has 0 aromatic carbocycles. The highest BCUT2D eigenvalue weighted by molar-refractivity contribution is 9.09. The molecule has 1 heterocycles. The third-order valence-electron chi connectivity index (χ3n) is 2.99. The lowest BCUT2D eigenvalue weighted by molar-refractivity contribution is -0.173. The molecule has 2 unspecified atom stereocenters. The van der Waals surface area contributed by atoms with Crippen molar-refractivity contribution < 1.29 is 14.3 Å². The number of carbonyl (C=O) groups is 1. The Morgan fingerprint density at radius 3 is 2.36 bits per heavy atom. The largest absolute Gasteiger partial charge is 0.459 e. The van der Waals surface area contributed by atoms with Crippen LogP contribution in [0.15, 0.2) is 0 Å². The van der Waals surface area contributed by atoms with E-state index in [0.29, 0.717) is 11.8 Å². The van der Waals surface area contributed by atoms with Crippen molar-refractivity contribution in [1.82, 2.24) is 0 Å². The van der Waals surface area contributed by atoms with Crippen LogP contribution in [0.1, 0.15) is 27.7 Å². The number of rotatable bonds is 1. The number of halogens is 1. The van der Waals surface area contributed by atoms with Crippen LogP contribution in [0, 0.1) is 11.8 Å². The van der Waals surface area contributed by atoms with E-state index in [1.54, 1.807) is 0 Å². The summed E-state index contributed by atoms with van der Waals surface area (Å²) in [5.41, 5.74) is 0. The van der Waals surface area contributed by atoms with Gasteiger partial charge in [0.05, 0.1) is 6.10 Å². The molecule has 0 N–H and O–H groups in total. The molecule has 1 aliphatic rings. The van der Waals surface area contributed by atoms with Crippen molar-refractivity contribution in [2.45, 2.75) is 44.9 Å². The molecule has 0 radical (unpaired) electrons. The topological polar surface area (TPSA) is 35.5 Å². The van der Waals surface area contributed by atoms with Crippen molar-refractivity contribution in [3.05, 3.63) is 0 Å². The third-order valence-corrected chi connectivity index (χ3v) is 3.73. The summed E-state index contributed by atoms with van der Waals surface area (Å²) in [7, 11) is 0. The van der Waals surface area contributed by atoms with E-state index in [9.17, 15) is 4.79 Å². The van der Waals surface area contributed by atoms with E-state index in [1.807, 2.05) is 6.92 Å². The quantitative estimate of drug-likeness (QED) is 0.539. The molecular formula is C10H17BrO3. The number of alkyl halides is 1. The van der Waals surface area contributed by atoms with Gasteiger partial charge in [-0.25, -0.2) is 0 Å². The fourth-order valence-corrected chi connectivity index (χ4v) is 2.65. The van der Waals surface area contributed by atoms with Crippen LogP contribution in [0.4, 0.5) is 0 Å². The van der Waals surface area contributed by atoms with Crippen LogP contribution in [0.2, 0.25) is 0 Å². The van der Waals surface area contributed by atoms with Crippen LogP contribution >= 0.6 is 15.9 Å². The summed E-state index contributed by atoms with van der Waals surface area (Å²) in [4.78, 5) is 10.9. The Labute approximate surface area is 93.3 Å². The summed E-state index contributed by atoms with van der Waals surface area (Å²) in [6.07, 6.45) is 0.0138. The molecule has 0 amide bonds. The van der Waals surface area contributed by atoms with Crippen molar-refractivity contribution in [1.29, 1.82) is 0 Å². The van der Waals surface area contributed by atoms with E-state index in [-0.39, 0.29) is 23.2 Å². The molecule has 0 aliphatic carbocycles. The molecule has 4 heteroatoms. The number of esters is 1. The van der Waals surface area contributed by atoms with Crippen LogP contribution < -0.4 is 0 Å². The second kappa shape index (κ2) is 4.62. The van der Waals surface area contributed by atoms with Gasteiger partial charge in [-0.05, 0) is 12.8 Å². The van der Waals surface area contributed by atoms with Crippen LogP contribution in [0.5, 0.6) is 0 Å². The summed E-state index contributed by atoms with van der Waals surface area (Å²) >= 11 is 3.39. The zero-order valence-corrected chi connectivity index (χ0v) is 10.6. The predicted molar refractivity (Wildman–Crippen MR) is 57.1 cm³/mol. The van der Waals surface area contributed by atoms with Crippen molar-refractivity contribution in [3.8, 4) is 0 Å². The van der Waals surface area contributed by atoms with Gasteiger partial charge in [0.1, 0.15) is 11.1 Å². The fourth-order valence-electron chi connectivity index (χ4n) is 1.72. The molecule has 0 bridgehead atoms. The maximum Gasteiger partial charge on any atom is 0.303 e. The predicted octanol–water partition coefficient (Wildman–Crippen LogP) is 2.33. The van der Waals surface area contributed by atoms with Gasteiger partial charge < -0.3 is 9.47 Å². The molecular weight excluding hydrogens is 248 g/mol. The summed E-state index contributed by atoms with van der Waals surface area (Å²) in [5, 5.41) is -0.187. The van der Waals surface area contributed by atoms with Crippen LogP contribution in [0.3, 0.4) is 0 Å². The summed E-state index contributed by atoms with van der Waals surface area (Å²) in [5.74, 6) is 0.455. The minimum Gasteiger partial charge on any atom is -0.459 e. The average Bonchev–Trinajstić information content (AvgIpc) is 2.09. The minimum atomic E-state index is -0.253. The van der Waals surface area contributed by atoms with Gasteiger partial charge in [-0.1, -0.05) is 29.8 Å². The van der Waals surface area contributed by atoms with Crippen LogP contribution in [0.25, 0.3) is 0 Å². The Morgan fingerprint density at radius 1 is 1.29 bits per heavy atom. The Kier molecular flexibility index (Phi) is 3.95. The van der Waals surface area contributed by atoms with Crippen LogP contribution in [-0.2, 0) is 14.3 Å². The third kappa shape index (κ3) is 2.48. The number of ether oxygens (including phenoxy) is 2. The fraction of sp³-hybridized carbons (Fsp3) is 0.900. The first-order chi connectivity index (χ1) is 6.43. The highest BCUT2D eigenvalue weighted by atomic mass is 79.9. The molecule has 1 saturated heterocycles. The Morgan fingerprint density at radius 2 is 1.86 bits per heavy atom. The van der Waals surface area contributed by atoms with Crippen molar-refractivity contribution in [2.24, 2.45) is 11.8 Å². The van der Waals surface area contributed by atoms with Gasteiger partial charge in [-0.2, -0.15) is 0 Å². The first-order valence-corrected chi connectivity index (χ1v) is 5.81. The van der Waals surface area contributed by atoms with Gasteiger partial charge in [0.25, 0.3) is 0 Å². The normalized spacial score (nSPS) is 43.4. The van der Waals surface area contributed by atoms with E-state index in [2.05, 4.69) is 29.8 Å². The zero-order chi connectivity index (χ0) is 10.9. The number of hydrogen-bond donors (Lipinski definition) is 0. The maximum atomic E-state index is 10.9. The second-order valence-electron chi connectivity index (χ2n) is 3.98. The molecule has 1 rings (SSSR count). The van der Waals surface area contributed by atoms with E-state index in [0.717, 1.165) is 0 Å². The maximum absolute atomic E-state index is 10.9. The van der Waals surface area contributed by atoms with Gasteiger partial charge in [0, 0.05) is 12.8 Å². The molecule has 0 aromatic rings. The van der Waals surface area contributed by atoms with Crippen LogP contribution in [-0.4, -0.2) is 23.2 Å². The van der Waals surface area contributed by atoms with Crippen molar-refractivity contribution in [3.63, 3.8) is 0 Å². The molecule has 0 spiro atoms. The first-order valence-electron chi connectivity index (χ1n) is 4.90. The lowest BCUT2D eigenvalue weighted by atomic mass is 9.85. The number of carbonyl (C=O) groups excluding carboxylic acids is 1. The smallest absolute Gasteiger partial charge is 0.303 e. The van der Waals surface area contributed by atoms with Gasteiger partial charge in [-0.15, -0.1) is 0 Å². The molecule has 0 saturated carbocycles. The molecule has 5 atom stereocenters. The van der Waals surface area contributed by atoms with Gasteiger partial charge in [-0.3, -0.25) is 4.79 Å². The van der Waals surface area contributed by atoms with E-state index in [4.69, 9.17) is 9.47 Å². The Balaban J connectivity index is 2.68. The molecule has 1 fully saturated rings. The van der Waals surface area contributed by atoms with Gasteiger partial charge in [0.15, 0.2) is 0 Å². The molecule has 3 nitrogen and oxygen atoms in total. The first kappa shape index (κ1) is 12.0. The summed E-state index contributed by atoms with van der Waals surface area (Å²) < 4.78 is 10.8. The van der Waals surface area contributed by atoms with Crippen molar-refractivity contribution >= 4 is 21.9 Å². The zero-order valence-electron chi connectivity index (χ0n) is 8.99. The highest BCUT2D eigenvalue weighted by Gasteiger charge is 2.40. The Bertz CT molecular complexity index is 219. The average molecular weight is 265 g/mol. The molecule has 0 aromatic heterocycles. The second-order valence-corrected chi connectivity index (χ2v) is 4.89. The molecule has 1 aliphatic heterocycles. The molecule has 82 valence electrons. The van der Waals surface area contributed by atoms with E-state index in [1.165, 1.54) is 6.92 Å². The Hall–Kier alpha value is -0.0900. The molecule has 14 heavy (non-hydrogen) atoms. The van der Waals surface area contributed by atoms with E-state index >= 15 is 0 Å². The van der Waals surface area contributed by atoms with E-state index < -0.39 is 0 Å².